The number of carbonyl (C=O) groups is 1. The van der Waals surface area contributed by atoms with Gasteiger partial charge in [0.25, 0.3) is 0 Å². The summed E-state index contributed by atoms with van der Waals surface area (Å²) >= 11 is 0. The van der Waals surface area contributed by atoms with Gasteiger partial charge in [0.05, 0.1) is 18.4 Å². The van der Waals surface area contributed by atoms with Crippen molar-refractivity contribution >= 4 is 5.97 Å². The first-order chi connectivity index (χ1) is 12.3. The van der Waals surface area contributed by atoms with Crippen LogP contribution in [-0.4, -0.2) is 29.4 Å². The maximum Gasteiger partial charge on any atom is 0.320 e. The Hall–Kier alpha value is -2.54. The Morgan fingerprint density at radius 3 is 2.58 bits per heavy atom. The van der Waals surface area contributed by atoms with E-state index in [4.69, 9.17) is 14.0 Å². The van der Waals surface area contributed by atoms with Crippen molar-refractivity contribution in [2.45, 2.75) is 46.9 Å². The van der Waals surface area contributed by atoms with E-state index in [0.29, 0.717) is 24.7 Å². The standard InChI is InChI=1S/C19H26N2O5/c1-11(2)18(19(22)23)20-9-14-6-7-16(17(8-14)24-5)25-10-15-12(3)21-26-13(15)4/h6-8,11,18,20H,9-10H2,1-5H3,(H,22,23)/t18-/m1/s1. The molecule has 142 valence electrons. The van der Waals surface area contributed by atoms with Gasteiger partial charge in [-0.2, -0.15) is 0 Å². The Bertz CT molecular complexity index is 735. The van der Waals surface area contributed by atoms with E-state index in [9.17, 15) is 9.90 Å². The molecule has 2 rings (SSSR count). The van der Waals surface area contributed by atoms with Crippen LogP contribution in [-0.2, 0) is 17.9 Å². The van der Waals surface area contributed by atoms with Crippen LogP contribution in [0.15, 0.2) is 22.7 Å². The number of carboxylic acids is 1. The third-order valence-electron chi connectivity index (χ3n) is 4.24. The molecule has 7 nitrogen and oxygen atoms in total. The monoisotopic (exact) mass is 362 g/mol. The van der Waals surface area contributed by atoms with Crippen LogP contribution in [0.1, 0.15) is 36.4 Å². The second-order valence-corrected chi connectivity index (χ2v) is 6.52. The van der Waals surface area contributed by atoms with E-state index in [2.05, 4.69) is 10.5 Å². The number of ether oxygens (including phenoxy) is 2. The van der Waals surface area contributed by atoms with Crippen LogP contribution < -0.4 is 14.8 Å². The van der Waals surface area contributed by atoms with Gasteiger partial charge in [-0.25, -0.2) is 0 Å². The molecule has 2 N–H and O–H groups in total. The van der Waals surface area contributed by atoms with Crippen LogP contribution in [0.4, 0.5) is 0 Å². The first-order valence-electron chi connectivity index (χ1n) is 8.51. The lowest BCUT2D eigenvalue weighted by atomic mass is 10.0. The number of hydrogen-bond acceptors (Lipinski definition) is 6. The molecule has 1 aromatic heterocycles. The molecule has 0 unspecified atom stereocenters. The number of hydrogen-bond donors (Lipinski definition) is 2. The van der Waals surface area contributed by atoms with Gasteiger partial charge >= 0.3 is 5.97 Å². The first-order valence-corrected chi connectivity index (χ1v) is 8.51. The van der Waals surface area contributed by atoms with Crippen molar-refractivity contribution in [2.75, 3.05) is 7.11 Å². The SMILES string of the molecule is COc1cc(CN[C@@H](C(=O)O)C(C)C)ccc1OCc1c(C)noc1C. The summed E-state index contributed by atoms with van der Waals surface area (Å²) < 4.78 is 16.4. The quantitative estimate of drug-likeness (QED) is 0.708. The van der Waals surface area contributed by atoms with E-state index in [0.717, 1.165) is 22.6 Å². The molecule has 0 bridgehead atoms. The smallest absolute Gasteiger partial charge is 0.320 e. The molecular formula is C19H26N2O5. The summed E-state index contributed by atoms with van der Waals surface area (Å²) in [5.41, 5.74) is 2.63. The lowest BCUT2D eigenvalue weighted by Gasteiger charge is -2.18. The normalized spacial score (nSPS) is 12.2. The Labute approximate surface area is 153 Å². The van der Waals surface area contributed by atoms with Crippen LogP contribution in [0.25, 0.3) is 0 Å². The second kappa shape index (κ2) is 8.71. The number of carboxylic acid groups (broad SMARTS) is 1. The van der Waals surface area contributed by atoms with Crippen molar-refractivity contribution in [3.05, 3.63) is 40.8 Å². The minimum Gasteiger partial charge on any atom is -0.493 e. The van der Waals surface area contributed by atoms with Gasteiger partial charge in [-0.05, 0) is 37.5 Å². The van der Waals surface area contributed by atoms with E-state index in [1.165, 1.54) is 0 Å². The number of methoxy groups -OCH3 is 1. The fourth-order valence-electron chi connectivity index (χ4n) is 2.64. The number of nitrogens with one attached hydrogen (secondary N) is 1. The third-order valence-corrected chi connectivity index (χ3v) is 4.24. The fourth-order valence-corrected chi connectivity index (χ4v) is 2.64. The summed E-state index contributed by atoms with van der Waals surface area (Å²) in [5, 5.41) is 16.2. The van der Waals surface area contributed by atoms with E-state index in [-0.39, 0.29) is 5.92 Å². The van der Waals surface area contributed by atoms with Crippen molar-refractivity contribution in [1.82, 2.24) is 10.5 Å². The molecular weight excluding hydrogens is 336 g/mol. The highest BCUT2D eigenvalue weighted by Crippen LogP contribution is 2.29. The molecule has 1 atom stereocenters. The second-order valence-electron chi connectivity index (χ2n) is 6.52. The maximum atomic E-state index is 11.3. The van der Waals surface area contributed by atoms with E-state index < -0.39 is 12.0 Å². The van der Waals surface area contributed by atoms with E-state index >= 15 is 0 Å². The first kappa shape index (κ1) is 19.8. The molecule has 0 amide bonds. The van der Waals surface area contributed by atoms with Gasteiger partial charge in [-0.1, -0.05) is 25.1 Å². The summed E-state index contributed by atoms with van der Waals surface area (Å²) in [6.45, 7) is 8.22. The van der Waals surface area contributed by atoms with E-state index in [1.807, 2.05) is 45.9 Å². The fraction of sp³-hybridized carbons (Fsp3) is 0.474. The molecule has 0 saturated carbocycles. The largest absolute Gasteiger partial charge is 0.493 e. The van der Waals surface area contributed by atoms with Crippen molar-refractivity contribution in [3.63, 3.8) is 0 Å². The van der Waals surface area contributed by atoms with Gasteiger partial charge < -0.3 is 24.4 Å². The summed E-state index contributed by atoms with van der Waals surface area (Å²) in [6.07, 6.45) is 0. The van der Waals surface area contributed by atoms with Crippen molar-refractivity contribution in [2.24, 2.45) is 5.92 Å². The van der Waals surface area contributed by atoms with Gasteiger partial charge in [0.1, 0.15) is 18.4 Å². The molecule has 1 heterocycles. The highest BCUT2D eigenvalue weighted by atomic mass is 16.5. The zero-order valence-electron chi connectivity index (χ0n) is 15.8. The number of aliphatic carboxylic acids is 1. The minimum absolute atomic E-state index is 0.00736. The van der Waals surface area contributed by atoms with Gasteiger partial charge in [0, 0.05) is 6.54 Å². The number of rotatable bonds is 9. The lowest BCUT2D eigenvalue weighted by Crippen LogP contribution is -2.40. The molecule has 0 aliphatic rings. The molecule has 0 radical (unpaired) electrons. The zero-order chi connectivity index (χ0) is 19.3. The Morgan fingerprint density at radius 2 is 2.04 bits per heavy atom. The molecule has 2 aromatic rings. The summed E-state index contributed by atoms with van der Waals surface area (Å²) in [7, 11) is 1.57. The number of aromatic nitrogens is 1. The van der Waals surface area contributed by atoms with Gasteiger partial charge in [-0.3, -0.25) is 4.79 Å². The van der Waals surface area contributed by atoms with Crippen LogP contribution in [0.2, 0.25) is 0 Å². The van der Waals surface area contributed by atoms with Gasteiger partial charge in [-0.15, -0.1) is 0 Å². The zero-order valence-corrected chi connectivity index (χ0v) is 15.8. The number of aryl methyl sites for hydroxylation is 2. The number of nitrogens with zero attached hydrogens (tertiary/aromatic N) is 1. The van der Waals surface area contributed by atoms with Gasteiger partial charge in [0.2, 0.25) is 0 Å². The molecule has 26 heavy (non-hydrogen) atoms. The molecule has 0 aliphatic carbocycles. The van der Waals surface area contributed by atoms with Crippen molar-refractivity contribution < 1.29 is 23.9 Å². The summed E-state index contributed by atoms with van der Waals surface area (Å²) in [4.78, 5) is 11.3. The molecule has 1 aromatic carbocycles. The van der Waals surface area contributed by atoms with Crippen LogP contribution in [0, 0.1) is 19.8 Å². The average Bonchev–Trinajstić information content (AvgIpc) is 2.91. The summed E-state index contributed by atoms with van der Waals surface area (Å²) in [6, 6.07) is 4.95. The molecule has 0 aliphatic heterocycles. The minimum atomic E-state index is -0.855. The molecule has 0 saturated heterocycles. The molecule has 7 heteroatoms. The van der Waals surface area contributed by atoms with E-state index in [1.54, 1.807) is 7.11 Å². The number of benzene rings is 1. The third kappa shape index (κ3) is 4.76. The molecule has 0 fully saturated rings. The summed E-state index contributed by atoms with van der Waals surface area (Å²) in [5.74, 6) is 1.07. The highest BCUT2D eigenvalue weighted by molar-refractivity contribution is 5.73. The van der Waals surface area contributed by atoms with Crippen molar-refractivity contribution in [3.8, 4) is 11.5 Å². The molecule has 0 spiro atoms. The predicted octanol–water partition coefficient (Wildman–Crippen LogP) is 3.08. The van der Waals surface area contributed by atoms with Crippen LogP contribution in [0.5, 0.6) is 11.5 Å². The Kier molecular flexibility index (Phi) is 6.63. The topological polar surface area (TPSA) is 93.8 Å². The lowest BCUT2D eigenvalue weighted by molar-refractivity contribution is -0.140. The Balaban J connectivity index is 2.06. The average molecular weight is 362 g/mol. The van der Waals surface area contributed by atoms with Crippen molar-refractivity contribution in [1.29, 1.82) is 0 Å². The Morgan fingerprint density at radius 1 is 1.31 bits per heavy atom. The van der Waals surface area contributed by atoms with Gasteiger partial charge in [0.15, 0.2) is 11.5 Å². The predicted molar refractivity (Wildman–Crippen MR) is 96.4 cm³/mol. The maximum absolute atomic E-state index is 11.3. The highest BCUT2D eigenvalue weighted by Gasteiger charge is 2.20. The van der Waals surface area contributed by atoms with Crippen LogP contribution >= 0.6 is 0 Å². The van der Waals surface area contributed by atoms with Crippen LogP contribution in [0.3, 0.4) is 0 Å².